The van der Waals surface area contributed by atoms with Crippen molar-refractivity contribution in [2.75, 3.05) is 26.8 Å². The Labute approximate surface area is 233 Å². The molecule has 2 aromatic rings. The second-order valence-corrected chi connectivity index (χ2v) is 13.2. The molecular weight excluding hydrogens is 521 g/mol. The normalized spacial score (nSPS) is 32.0. The fourth-order valence-electron chi connectivity index (χ4n) is 7.96. The molecule has 6 rings (SSSR count). The minimum absolute atomic E-state index is 0.0778. The van der Waals surface area contributed by atoms with Crippen LogP contribution >= 0.6 is 0 Å². The molecule has 3 unspecified atom stereocenters. The average Bonchev–Trinajstić information content (AvgIpc) is 3.42. The molecule has 3 N–H and O–H groups in total. The minimum atomic E-state index is -4.58. The number of hydrazine groups is 1. The van der Waals surface area contributed by atoms with E-state index >= 15 is 0 Å². The van der Waals surface area contributed by atoms with Crippen LogP contribution < -0.4 is 16.5 Å². The molecule has 5 atom stereocenters. The molecule has 8 nitrogen and oxygen atoms in total. The van der Waals surface area contributed by atoms with E-state index in [9.17, 15) is 23.1 Å². The maximum atomic E-state index is 14.3. The minimum Gasteiger partial charge on any atom is -0.389 e. The van der Waals surface area contributed by atoms with E-state index in [-0.39, 0.29) is 24.3 Å². The van der Waals surface area contributed by atoms with Crippen LogP contribution in [0.25, 0.3) is 5.52 Å². The Morgan fingerprint density at radius 1 is 1.12 bits per heavy atom. The van der Waals surface area contributed by atoms with Crippen LogP contribution in [0.1, 0.15) is 81.9 Å². The lowest BCUT2D eigenvalue weighted by Gasteiger charge is -2.46. The number of imidazole rings is 1. The Bertz CT molecular complexity index is 1270. The van der Waals surface area contributed by atoms with Gasteiger partial charge in [0.05, 0.1) is 29.5 Å². The van der Waals surface area contributed by atoms with E-state index in [0.717, 1.165) is 38.8 Å². The molecule has 0 amide bonds. The van der Waals surface area contributed by atoms with Crippen LogP contribution in [0.2, 0.25) is 0 Å². The Hall–Kier alpha value is -1.92. The maximum absolute atomic E-state index is 14.3. The summed E-state index contributed by atoms with van der Waals surface area (Å²) >= 11 is 0. The molecule has 2 aliphatic carbocycles. The summed E-state index contributed by atoms with van der Waals surface area (Å²) in [6, 6.07) is 1.07. The smallest absolute Gasteiger partial charge is 0.389 e. The number of nitrogens with zero attached hydrogens (tertiary/aromatic N) is 4. The van der Waals surface area contributed by atoms with Crippen molar-refractivity contribution in [2.24, 2.45) is 17.8 Å². The van der Waals surface area contributed by atoms with Gasteiger partial charge in [0.2, 0.25) is 0 Å². The summed E-state index contributed by atoms with van der Waals surface area (Å²) in [5.41, 5.74) is 5.07. The van der Waals surface area contributed by atoms with Gasteiger partial charge in [0, 0.05) is 31.5 Å². The van der Waals surface area contributed by atoms with Gasteiger partial charge in [-0.3, -0.25) is 18.8 Å². The fourth-order valence-corrected chi connectivity index (χ4v) is 7.96. The molecule has 11 heteroatoms. The molecule has 0 radical (unpaired) electrons. The summed E-state index contributed by atoms with van der Waals surface area (Å²) < 4.78 is 45.7. The molecule has 4 aliphatic rings. The number of aromatic nitrogens is 2. The second-order valence-electron chi connectivity index (χ2n) is 13.2. The van der Waals surface area contributed by atoms with Crippen LogP contribution in [0.3, 0.4) is 0 Å². The SMILES string of the molecule is CN1CNNC1[C@H](C1CCC1)C1CCCC(n2cc3c(C(F)(F)F)cc(CN4CCC[C@](C)(O)C4)cn3c2=O)C1. The molecule has 40 heavy (non-hydrogen) atoms. The first-order valence-corrected chi connectivity index (χ1v) is 15.0. The van der Waals surface area contributed by atoms with Gasteiger partial charge in [0.15, 0.2) is 0 Å². The number of aliphatic hydroxyl groups is 1. The number of fused-ring (bicyclic) bond motifs is 1. The number of pyridine rings is 1. The predicted octanol–water partition coefficient (Wildman–Crippen LogP) is 3.94. The lowest BCUT2D eigenvalue weighted by Crippen LogP contribution is -2.50. The lowest BCUT2D eigenvalue weighted by atomic mass is 9.65. The van der Waals surface area contributed by atoms with E-state index in [4.69, 9.17) is 0 Å². The first kappa shape index (κ1) is 28.2. The van der Waals surface area contributed by atoms with Crippen LogP contribution in [0.15, 0.2) is 23.3 Å². The van der Waals surface area contributed by atoms with Gasteiger partial charge in [-0.1, -0.05) is 25.7 Å². The van der Waals surface area contributed by atoms with E-state index in [0.29, 0.717) is 42.8 Å². The van der Waals surface area contributed by atoms with Gasteiger partial charge < -0.3 is 5.11 Å². The Kier molecular flexibility index (Phi) is 7.57. The second kappa shape index (κ2) is 10.7. The lowest BCUT2D eigenvalue weighted by molar-refractivity contribution is -0.136. The zero-order valence-corrected chi connectivity index (χ0v) is 23.6. The molecule has 2 saturated carbocycles. The summed E-state index contributed by atoms with van der Waals surface area (Å²) in [6.45, 7) is 3.91. The zero-order chi connectivity index (χ0) is 28.2. The number of β-amino-alcohol motifs (C(OH)–C–C–N with tert-alkyl or cyclic N) is 1. The topological polar surface area (TPSA) is 77.2 Å². The number of hydrogen-bond donors (Lipinski definition) is 3. The number of hydrogen-bond acceptors (Lipinski definition) is 6. The first-order chi connectivity index (χ1) is 19.0. The number of rotatable bonds is 6. The summed E-state index contributed by atoms with van der Waals surface area (Å²) in [7, 11) is 2.12. The van der Waals surface area contributed by atoms with Crippen molar-refractivity contribution in [1.29, 1.82) is 0 Å². The molecule has 2 aromatic heterocycles. The van der Waals surface area contributed by atoms with E-state index in [1.165, 1.54) is 35.9 Å². The number of halogens is 3. The molecule has 4 heterocycles. The zero-order valence-electron chi connectivity index (χ0n) is 23.6. The van der Waals surface area contributed by atoms with Gasteiger partial charge in [0.25, 0.3) is 0 Å². The summed E-state index contributed by atoms with van der Waals surface area (Å²) in [4.78, 5) is 18.0. The monoisotopic (exact) mass is 564 g/mol. The van der Waals surface area contributed by atoms with Crippen LogP contribution in [-0.4, -0.2) is 62.4 Å². The van der Waals surface area contributed by atoms with Crippen molar-refractivity contribution < 1.29 is 18.3 Å². The number of likely N-dealkylation sites (tertiary alicyclic amines) is 1. The average molecular weight is 565 g/mol. The Morgan fingerprint density at radius 2 is 1.88 bits per heavy atom. The number of piperidine rings is 1. The van der Waals surface area contributed by atoms with E-state index in [1.54, 1.807) is 17.7 Å². The van der Waals surface area contributed by atoms with Crippen LogP contribution in [0, 0.1) is 17.8 Å². The quantitative estimate of drug-likeness (QED) is 0.494. The Morgan fingerprint density at radius 3 is 2.52 bits per heavy atom. The van der Waals surface area contributed by atoms with Gasteiger partial charge in [0.1, 0.15) is 0 Å². The highest BCUT2D eigenvalue weighted by atomic mass is 19.4. The summed E-state index contributed by atoms with van der Waals surface area (Å²) in [5.74, 6) is 1.50. The van der Waals surface area contributed by atoms with Gasteiger partial charge in [-0.2, -0.15) is 13.2 Å². The number of nitrogens with one attached hydrogen (secondary N) is 2. The van der Waals surface area contributed by atoms with Crippen molar-refractivity contribution in [1.82, 2.24) is 29.6 Å². The standard InChI is InChI=1S/C29H43F3N6O2/c1-28(40)10-5-11-36(17-28)14-19-12-23(29(30,31)32)24-16-37(27(39)38(24)15-19)22-9-4-8-21(13-22)25(20-6-3-7-20)26-34-33-18-35(26)2/h12,15-16,20-22,25-26,33-34,40H,3-11,13-14,17-18H2,1-2H3/t21?,22?,25-,26?,28+/m1/s1. The van der Waals surface area contributed by atoms with Crippen LogP contribution in [-0.2, 0) is 12.7 Å². The highest BCUT2D eigenvalue weighted by Gasteiger charge is 2.44. The molecule has 2 saturated heterocycles. The molecule has 2 aliphatic heterocycles. The third-order valence-electron chi connectivity index (χ3n) is 10.1. The highest BCUT2D eigenvalue weighted by Crippen LogP contribution is 2.47. The van der Waals surface area contributed by atoms with E-state index in [1.807, 2.05) is 4.90 Å². The van der Waals surface area contributed by atoms with Crippen molar-refractivity contribution in [2.45, 2.75) is 95.2 Å². The third-order valence-corrected chi connectivity index (χ3v) is 10.1. The van der Waals surface area contributed by atoms with Crippen LogP contribution in [0.4, 0.5) is 13.2 Å². The van der Waals surface area contributed by atoms with Crippen molar-refractivity contribution >= 4 is 5.52 Å². The highest BCUT2D eigenvalue weighted by molar-refractivity contribution is 5.56. The Balaban J connectivity index is 1.31. The van der Waals surface area contributed by atoms with Gasteiger partial charge in [-0.25, -0.2) is 15.6 Å². The van der Waals surface area contributed by atoms with Crippen molar-refractivity contribution in [3.05, 3.63) is 40.1 Å². The molecule has 0 spiro atoms. The predicted molar refractivity (Wildman–Crippen MR) is 146 cm³/mol. The molecule has 222 valence electrons. The molecular formula is C29H43F3N6O2. The summed E-state index contributed by atoms with van der Waals surface area (Å²) in [6.07, 6.45) is 7.49. The molecule has 4 fully saturated rings. The number of alkyl halides is 3. The third kappa shape index (κ3) is 5.47. The van der Waals surface area contributed by atoms with E-state index in [2.05, 4.69) is 22.8 Å². The molecule has 0 bridgehead atoms. The van der Waals surface area contributed by atoms with Crippen molar-refractivity contribution in [3.63, 3.8) is 0 Å². The van der Waals surface area contributed by atoms with E-state index < -0.39 is 23.0 Å². The first-order valence-electron chi connectivity index (χ1n) is 15.0. The fraction of sp³-hybridized carbons (Fsp3) is 0.759. The van der Waals surface area contributed by atoms with Gasteiger partial charge in [-0.15, -0.1) is 0 Å². The van der Waals surface area contributed by atoms with Crippen LogP contribution in [0.5, 0.6) is 0 Å². The van der Waals surface area contributed by atoms with Gasteiger partial charge >= 0.3 is 11.9 Å². The van der Waals surface area contributed by atoms with Gasteiger partial charge in [-0.05, 0) is 82.0 Å². The van der Waals surface area contributed by atoms with Crippen molar-refractivity contribution in [3.8, 4) is 0 Å². The summed E-state index contributed by atoms with van der Waals surface area (Å²) in [5, 5.41) is 10.5. The maximum Gasteiger partial charge on any atom is 0.418 e. The largest absolute Gasteiger partial charge is 0.418 e. The molecule has 0 aromatic carbocycles.